The van der Waals surface area contributed by atoms with E-state index in [1.807, 2.05) is 38.2 Å². The molecule has 0 N–H and O–H groups in total. The lowest BCUT2D eigenvalue weighted by Crippen LogP contribution is -2.31. The zero-order chi connectivity index (χ0) is 20.9. The highest BCUT2D eigenvalue weighted by Crippen LogP contribution is 2.24. The first kappa shape index (κ1) is 23.5. The van der Waals surface area contributed by atoms with Gasteiger partial charge in [0.25, 0.3) is 0 Å². The van der Waals surface area contributed by atoms with Gasteiger partial charge in [-0.1, -0.05) is 61.2 Å². The van der Waals surface area contributed by atoms with Crippen LogP contribution in [-0.2, 0) is 20.0 Å². The topological polar surface area (TPSA) is 51.0 Å². The third-order valence-corrected chi connectivity index (χ3v) is 6.76. The molecule has 0 saturated heterocycles. The van der Waals surface area contributed by atoms with Gasteiger partial charge >= 0.3 is 0 Å². The van der Waals surface area contributed by atoms with Crippen molar-refractivity contribution in [2.75, 3.05) is 18.8 Å². The number of rotatable bonds is 8. The molecule has 0 spiro atoms. The molecule has 2 heterocycles. The van der Waals surface area contributed by atoms with Crippen LogP contribution in [0.3, 0.4) is 0 Å². The highest BCUT2D eigenvalue weighted by Gasteiger charge is 2.18. The average molecular weight is 457 g/mol. The van der Waals surface area contributed by atoms with Gasteiger partial charge in [0.1, 0.15) is 0 Å². The van der Waals surface area contributed by atoms with E-state index in [0.29, 0.717) is 6.42 Å². The van der Waals surface area contributed by atoms with Gasteiger partial charge in [0.05, 0.1) is 0 Å². The van der Waals surface area contributed by atoms with E-state index in [1.54, 1.807) is 11.8 Å². The Labute approximate surface area is 194 Å². The molecule has 31 heavy (non-hydrogen) atoms. The zero-order valence-electron chi connectivity index (χ0n) is 18.1. The third-order valence-electron chi connectivity index (χ3n) is 5.66. The molecule has 5 nitrogen and oxygen atoms in total. The van der Waals surface area contributed by atoms with E-state index < -0.39 is 0 Å². The zero-order valence-corrected chi connectivity index (χ0v) is 19.7. The molecule has 1 aliphatic rings. The van der Waals surface area contributed by atoms with E-state index in [-0.39, 0.29) is 18.2 Å². The van der Waals surface area contributed by atoms with Crippen LogP contribution < -0.4 is 0 Å². The first-order valence-electron chi connectivity index (χ1n) is 10.6. The van der Waals surface area contributed by atoms with Crippen molar-refractivity contribution in [3.63, 3.8) is 0 Å². The van der Waals surface area contributed by atoms with Crippen LogP contribution in [0, 0.1) is 0 Å². The number of aromatic nitrogens is 3. The van der Waals surface area contributed by atoms with Crippen molar-refractivity contribution < 1.29 is 4.79 Å². The molecule has 2 aromatic carbocycles. The standard InChI is InChI=1S/C24H28N4OS.ClH/c1-3-22(29)20-11-10-18-12-14-28(17-21(18)16-20)13-7-15-30-24-26-25-23(27(24)2)19-8-5-4-6-9-19;/h4-6,8-11,16H,3,7,12-15,17H2,1-2H3;1H. The van der Waals surface area contributed by atoms with Crippen molar-refractivity contribution in [1.82, 2.24) is 19.7 Å². The molecule has 7 heteroatoms. The summed E-state index contributed by atoms with van der Waals surface area (Å²) in [5, 5.41) is 9.69. The van der Waals surface area contributed by atoms with Crippen molar-refractivity contribution in [3.8, 4) is 11.4 Å². The van der Waals surface area contributed by atoms with Gasteiger partial charge < -0.3 is 4.57 Å². The Bertz CT molecular complexity index is 1020. The highest BCUT2D eigenvalue weighted by atomic mass is 35.5. The maximum Gasteiger partial charge on any atom is 0.191 e. The van der Waals surface area contributed by atoms with E-state index in [9.17, 15) is 4.79 Å². The minimum Gasteiger partial charge on any atom is -0.305 e. The summed E-state index contributed by atoms with van der Waals surface area (Å²) in [4.78, 5) is 14.5. The summed E-state index contributed by atoms with van der Waals surface area (Å²) in [5.41, 5.74) is 4.65. The molecular weight excluding hydrogens is 428 g/mol. The average Bonchev–Trinajstić information content (AvgIpc) is 3.16. The molecule has 0 amide bonds. The summed E-state index contributed by atoms with van der Waals surface area (Å²) in [6, 6.07) is 16.4. The second kappa shape index (κ2) is 10.9. The van der Waals surface area contributed by atoms with Crippen LogP contribution in [0.4, 0.5) is 0 Å². The Morgan fingerprint density at radius 3 is 2.68 bits per heavy atom. The van der Waals surface area contributed by atoms with Gasteiger partial charge in [-0.25, -0.2) is 0 Å². The molecule has 1 aliphatic heterocycles. The van der Waals surface area contributed by atoms with Crippen LogP contribution in [0.25, 0.3) is 11.4 Å². The fourth-order valence-corrected chi connectivity index (χ4v) is 4.75. The highest BCUT2D eigenvalue weighted by molar-refractivity contribution is 7.99. The molecule has 3 aromatic rings. The predicted molar refractivity (Wildman–Crippen MR) is 129 cm³/mol. The number of nitrogens with zero attached hydrogens (tertiary/aromatic N) is 4. The van der Waals surface area contributed by atoms with Crippen molar-refractivity contribution in [2.45, 2.75) is 37.9 Å². The predicted octanol–water partition coefficient (Wildman–Crippen LogP) is 5.04. The number of carbonyl (C=O) groups is 1. The van der Waals surface area contributed by atoms with Gasteiger partial charge in [-0.05, 0) is 36.6 Å². The maximum atomic E-state index is 12.0. The summed E-state index contributed by atoms with van der Waals surface area (Å²) in [5.74, 6) is 2.14. The lowest BCUT2D eigenvalue weighted by atomic mass is 9.95. The number of hydrogen-bond acceptors (Lipinski definition) is 5. The first-order valence-corrected chi connectivity index (χ1v) is 11.6. The van der Waals surface area contributed by atoms with Crippen molar-refractivity contribution in [2.24, 2.45) is 7.05 Å². The van der Waals surface area contributed by atoms with Crippen molar-refractivity contribution in [1.29, 1.82) is 0 Å². The summed E-state index contributed by atoms with van der Waals surface area (Å²) >= 11 is 1.76. The molecule has 1 aromatic heterocycles. The second-order valence-electron chi connectivity index (χ2n) is 7.72. The summed E-state index contributed by atoms with van der Waals surface area (Å²) < 4.78 is 2.07. The molecule has 4 rings (SSSR count). The second-order valence-corrected chi connectivity index (χ2v) is 8.78. The summed E-state index contributed by atoms with van der Waals surface area (Å²) in [7, 11) is 2.03. The van der Waals surface area contributed by atoms with Crippen LogP contribution in [-0.4, -0.2) is 44.3 Å². The molecule has 164 valence electrons. The van der Waals surface area contributed by atoms with Crippen LogP contribution in [0.5, 0.6) is 0 Å². The largest absolute Gasteiger partial charge is 0.305 e. The van der Waals surface area contributed by atoms with Crippen molar-refractivity contribution >= 4 is 30.0 Å². The molecule has 0 aliphatic carbocycles. The van der Waals surface area contributed by atoms with E-state index in [1.165, 1.54) is 11.1 Å². The molecule has 0 unspecified atom stereocenters. The number of thioether (sulfide) groups is 1. The van der Waals surface area contributed by atoms with Gasteiger partial charge in [0, 0.05) is 43.4 Å². The Hall–Kier alpha value is -2.15. The Kier molecular flexibility index (Phi) is 8.29. The van der Waals surface area contributed by atoms with Crippen LogP contribution >= 0.6 is 24.2 Å². The SMILES string of the molecule is CCC(=O)c1ccc2c(c1)CN(CCCSc1nnc(-c3ccccc3)n1C)CC2.Cl. The number of hydrogen-bond donors (Lipinski definition) is 0. The van der Waals surface area contributed by atoms with E-state index in [2.05, 4.69) is 43.9 Å². The molecule has 0 bridgehead atoms. The molecule has 0 saturated carbocycles. The molecule has 0 radical (unpaired) electrons. The number of halogens is 1. The Balaban J connectivity index is 0.00000272. The van der Waals surface area contributed by atoms with Crippen LogP contribution in [0.2, 0.25) is 0 Å². The third kappa shape index (κ3) is 5.56. The lowest BCUT2D eigenvalue weighted by Gasteiger charge is -2.29. The maximum absolute atomic E-state index is 12.0. The number of fused-ring (bicyclic) bond motifs is 1. The number of benzene rings is 2. The van der Waals surface area contributed by atoms with Crippen LogP contribution in [0.1, 0.15) is 41.3 Å². The first-order chi connectivity index (χ1) is 14.7. The van der Waals surface area contributed by atoms with Crippen molar-refractivity contribution in [3.05, 3.63) is 65.2 Å². The monoisotopic (exact) mass is 456 g/mol. The van der Waals surface area contributed by atoms with Gasteiger partial charge in [-0.3, -0.25) is 9.69 Å². The number of Topliss-reactive ketones (excluding diaryl/α,β-unsaturated/α-hetero) is 1. The molecular formula is C24H29ClN4OS. The fraction of sp³-hybridized carbons (Fsp3) is 0.375. The number of carbonyl (C=O) groups excluding carboxylic acids is 1. The minimum atomic E-state index is 0. The lowest BCUT2D eigenvalue weighted by molar-refractivity contribution is 0.0988. The Morgan fingerprint density at radius 1 is 1.10 bits per heavy atom. The Morgan fingerprint density at radius 2 is 1.90 bits per heavy atom. The molecule has 0 atom stereocenters. The number of ketones is 1. The normalized spacial score (nSPS) is 13.5. The van der Waals surface area contributed by atoms with Crippen LogP contribution in [0.15, 0.2) is 53.7 Å². The van der Waals surface area contributed by atoms with E-state index in [4.69, 9.17) is 0 Å². The minimum absolute atomic E-state index is 0. The van der Waals surface area contributed by atoms with Gasteiger partial charge in [-0.2, -0.15) is 0 Å². The fourth-order valence-electron chi connectivity index (χ4n) is 3.91. The molecule has 0 fully saturated rings. The van der Waals surface area contributed by atoms with Gasteiger partial charge in [-0.15, -0.1) is 22.6 Å². The van der Waals surface area contributed by atoms with E-state index in [0.717, 1.165) is 60.3 Å². The van der Waals surface area contributed by atoms with Gasteiger partial charge in [0.2, 0.25) is 0 Å². The summed E-state index contributed by atoms with van der Waals surface area (Å²) in [6.07, 6.45) is 2.72. The smallest absolute Gasteiger partial charge is 0.191 e. The quantitative estimate of drug-likeness (QED) is 0.270. The van der Waals surface area contributed by atoms with E-state index >= 15 is 0 Å². The summed E-state index contributed by atoms with van der Waals surface area (Å²) in [6.45, 7) is 5.00. The van der Waals surface area contributed by atoms with Gasteiger partial charge in [0.15, 0.2) is 16.8 Å².